The van der Waals surface area contributed by atoms with Gasteiger partial charge < -0.3 is 4.52 Å². The van der Waals surface area contributed by atoms with Gasteiger partial charge in [-0.25, -0.2) is 0 Å². The molecule has 2 heterocycles. The molecule has 0 radical (unpaired) electrons. The molecular weight excluding hydrogens is 178 g/mol. The van der Waals surface area contributed by atoms with E-state index in [1.165, 1.54) is 0 Å². The van der Waals surface area contributed by atoms with Gasteiger partial charge in [0.05, 0.1) is 6.20 Å². The maximum Gasteiger partial charge on any atom is 0.167 e. The van der Waals surface area contributed by atoms with E-state index < -0.39 is 0 Å². The summed E-state index contributed by atoms with van der Waals surface area (Å²) in [5, 5.41) is 11.6. The summed E-state index contributed by atoms with van der Waals surface area (Å²) in [5.74, 6) is 0. The molecule has 0 atom stereocenters. The topological polar surface area (TPSA) is 54.7 Å². The van der Waals surface area contributed by atoms with Crippen molar-refractivity contribution in [2.45, 2.75) is 0 Å². The van der Waals surface area contributed by atoms with Crippen LogP contribution in [-0.4, -0.2) is 15.4 Å². The SMILES string of the molecule is c1ccc2c(-c3cn[nH]c3)noc2c1. The second kappa shape index (κ2) is 2.70. The number of fused-ring (bicyclic) bond motifs is 1. The molecule has 2 aromatic heterocycles. The van der Waals surface area contributed by atoms with Crippen molar-refractivity contribution in [1.29, 1.82) is 0 Å². The Balaban J connectivity index is 2.33. The molecule has 0 unspecified atom stereocenters. The lowest BCUT2D eigenvalue weighted by Gasteiger charge is -1.88. The van der Waals surface area contributed by atoms with Crippen LogP contribution in [0.3, 0.4) is 0 Å². The largest absolute Gasteiger partial charge is 0.356 e. The number of H-pyrrole nitrogens is 1. The van der Waals surface area contributed by atoms with Crippen LogP contribution in [0, 0.1) is 0 Å². The van der Waals surface area contributed by atoms with Gasteiger partial charge >= 0.3 is 0 Å². The third kappa shape index (κ3) is 0.939. The van der Waals surface area contributed by atoms with Crippen LogP contribution in [0.1, 0.15) is 0 Å². The average Bonchev–Trinajstić information content (AvgIpc) is 2.85. The third-order valence-corrected chi connectivity index (χ3v) is 2.15. The highest BCUT2D eigenvalue weighted by Gasteiger charge is 2.09. The van der Waals surface area contributed by atoms with Crippen molar-refractivity contribution in [2.75, 3.05) is 0 Å². The number of para-hydroxylation sites is 1. The fraction of sp³-hybridized carbons (Fsp3) is 0. The monoisotopic (exact) mass is 185 g/mol. The molecule has 0 aliphatic carbocycles. The Hall–Kier alpha value is -2.10. The summed E-state index contributed by atoms with van der Waals surface area (Å²) in [4.78, 5) is 0. The Morgan fingerprint density at radius 2 is 2.14 bits per heavy atom. The van der Waals surface area contributed by atoms with Crippen LogP contribution in [-0.2, 0) is 0 Å². The molecule has 0 saturated heterocycles. The van der Waals surface area contributed by atoms with E-state index in [2.05, 4.69) is 15.4 Å². The molecule has 0 amide bonds. The summed E-state index contributed by atoms with van der Waals surface area (Å²) < 4.78 is 5.18. The molecule has 3 aromatic rings. The molecular formula is C10H7N3O. The predicted octanol–water partition coefficient (Wildman–Crippen LogP) is 2.22. The van der Waals surface area contributed by atoms with E-state index >= 15 is 0 Å². The van der Waals surface area contributed by atoms with Crippen molar-refractivity contribution in [2.24, 2.45) is 0 Å². The lowest BCUT2D eigenvalue weighted by molar-refractivity contribution is 0.459. The highest BCUT2D eigenvalue weighted by Crippen LogP contribution is 2.26. The van der Waals surface area contributed by atoms with Gasteiger partial charge in [-0.1, -0.05) is 17.3 Å². The Kier molecular flexibility index (Phi) is 1.41. The van der Waals surface area contributed by atoms with Crippen molar-refractivity contribution in [3.8, 4) is 11.3 Å². The zero-order valence-electron chi connectivity index (χ0n) is 7.27. The number of hydrogen-bond donors (Lipinski definition) is 1. The summed E-state index contributed by atoms with van der Waals surface area (Å²) in [6.07, 6.45) is 3.52. The number of aromatic amines is 1. The van der Waals surface area contributed by atoms with Gasteiger partial charge in [0.15, 0.2) is 5.58 Å². The van der Waals surface area contributed by atoms with Crippen LogP contribution in [0.5, 0.6) is 0 Å². The van der Waals surface area contributed by atoms with Gasteiger partial charge in [-0.05, 0) is 12.1 Å². The van der Waals surface area contributed by atoms with Gasteiger partial charge in [0, 0.05) is 17.1 Å². The van der Waals surface area contributed by atoms with Crippen LogP contribution in [0.25, 0.3) is 22.2 Å². The number of benzene rings is 1. The molecule has 0 saturated carbocycles. The molecule has 14 heavy (non-hydrogen) atoms. The van der Waals surface area contributed by atoms with Crippen LogP contribution in [0.15, 0.2) is 41.2 Å². The molecule has 0 aliphatic heterocycles. The molecule has 0 spiro atoms. The van der Waals surface area contributed by atoms with E-state index in [1.54, 1.807) is 12.4 Å². The summed E-state index contributed by atoms with van der Waals surface area (Å²) in [6, 6.07) is 7.76. The summed E-state index contributed by atoms with van der Waals surface area (Å²) in [7, 11) is 0. The molecule has 0 aliphatic rings. The van der Waals surface area contributed by atoms with Crippen molar-refractivity contribution in [3.63, 3.8) is 0 Å². The van der Waals surface area contributed by atoms with E-state index in [1.807, 2.05) is 24.3 Å². The maximum absolute atomic E-state index is 5.18. The summed E-state index contributed by atoms with van der Waals surface area (Å²) >= 11 is 0. The van der Waals surface area contributed by atoms with Gasteiger partial charge in [0.25, 0.3) is 0 Å². The maximum atomic E-state index is 5.18. The fourth-order valence-electron chi connectivity index (χ4n) is 1.47. The number of nitrogens with one attached hydrogen (secondary N) is 1. The quantitative estimate of drug-likeness (QED) is 0.632. The van der Waals surface area contributed by atoms with Crippen LogP contribution >= 0.6 is 0 Å². The van der Waals surface area contributed by atoms with Gasteiger partial charge in [-0.2, -0.15) is 5.10 Å². The minimum atomic E-state index is 0.795. The Morgan fingerprint density at radius 3 is 3.00 bits per heavy atom. The van der Waals surface area contributed by atoms with E-state index in [9.17, 15) is 0 Å². The number of nitrogens with zero attached hydrogens (tertiary/aromatic N) is 2. The number of hydrogen-bond acceptors (Lipinski definition) is 3. The van der Waals surface area contributed by atoms with Crippen molar-refractivity contribution >= 4 is 11.0 Å². The van der Waals surface area contributed by atoms with Gasteiger partial charge in [-0.3, -0.25) is 5.10 Å². The average molecular weight is 185 g/mol. The van der Waals surface area contributed by atoms with Gasteiger partial charge in [0.2, 0.25) is 0 Å². The lowest BCUT2D eigenvalue weighted by atomic mass is 10.1. The van der Waals surface area contributed by atoms with Crippen molar-refractivity contribution in [3.05, 3.63) is 36.7 Å². The first-order valence-corrected chi connectivity index (χ1v) is 4.29. The standard InChI is InChI=1S/C10H7N3O/c1-2-4-9-8(3-1)10(13-14-9)7-5-11-12-6-7/h1-6H,(H,11,12). The second-order valence-electron chi connectivity index (χ2n) is 3.01. The molecule has 3 rings (SSSR count). The van der Waals surface area contributed by atoms with Crippen LogP contribution < -0.4 is 0 Å². The Bertz CT molecular complexity index is 554. The van der Waals surface area contributed by atoms with E-state index in [0.29, 0.717) is 0 Å². The molecule has 4 heteroatoms. The second-order valence-corrected chi connectivity index (χ2v) is 3.01. The van der Waals surface area contributed by atoms with E-state index in [0.717, 1.165) is 22.2 Å². The summed E-state index contributed by atoms with van der Waals surface area (Å²) in [5.41, 5.74) is 2.56. The van der Waals surface area contributed by atoms with Crippen molar-refractivity contribution in [1.82, 2.24) is 15.4 Å². The number of aromatic nitrogens is 3. The van der Waals surface area contributed by atoms with Gasteiger partial charge in [-0.15, -0.1) is 0 Å². The van der Waals surface area contributed by atoms with Gasteiger partial charge in [0.1, 0.15) is 5.69 Å². The minimum absolute atomic E-state index is 0.795. The zero-order valence-corrected chi connectivity index (χ0v) is 7.27. The molecule has 1 aromatic carbocycles. The van der Waals surface area contributed by atoms with Crippen LogP contribution in [0.4, 0.5) is 0 Å². The van der Waals surface area contributed by atoms with E-state index in [-0.39, 0.29) is 0 Å². The van der Waals surface area contributed by atoms with Crippen LogP contribution in [0.2, 0.25) is 0 Å². The predicted molar refractivity (Wildman–Crippen MR) is 51.6 cm³/mol. The lowest BCUT2D eigenvalue weighted by Crippen LogP contribution is -1.72. The molecule has 4 nitrogen and oxygen atoms in total. The molecule has 0 bridgehead atoms. The highest BCUT2D eigenvalue weighted by molar-refractivity contribution is 5.90. The molecule has 0 fully saturated rings. The van der Waals surface area contributed by atoms with Crippen molar-refractivity contribution < 1.29 is 4.52 Å². The normalized spacial score (nSPS) is 10.9. The zero-order chi connectivity index (χ0) is 9.38. The number of rotatable bonds is 1. The first-order valence-electron chi connectivity index (χ1n) is 4.29. The fourth-order valence-corrected chi connectivity index (χ4v) is 1.47. The Labute approximate surface area is 79.5 Å². The summed E-state index contributed by atoms with van der Waals surface area (Å²) in [6.45, 7) is 0. The minimum Gasteiger partial charge on any atom is -0.356 e. The Morgan fingerprint density at radius 1 is 1.21 bits per heavy atom. The first-order chi connectivity index (χ1) is 6.95. The first kappa shape index (κ1) is 7.32. The molecule has 1 N–H and O–H groups in total. The third-order valence-electron chi connectivity index (χ3n) is 2.15. The van der Waals surface area contributed by atoms with E-state index in [4.69, 9.17) is 4.52 Å². The smallest absolute Gasteiger partial charge is 0.167 e. The highest BCUT2D eigenvalue weighted by atomic mass is 16.5. The molecule has 68 valence electrons.